The molecular formula is C17H16N2O5S2. The van der Waals surface area contributed by atoms with Gasteiger partial charge in [-0.15, -0.1) is 0 Å². The molecule has 1 heterocycles. The number of carbonyl (C=O) groups is 1. The monoisotopic (exact) mass is 392 g/mol. The first-order chi connectivity index (χ1) is 12.3. The van der Waals surface area contributed by atoms with Gasteiger partial charge in [-0.1, -0.05) is 11.3 Å². The molecular weight excluding hydrogens is 376 g/mol. The number of sulfone groups is 1. The van der Waals surface area contributed by atoms with Crippen molar-refractivity contribution in [2.45, 2.75) is 4.90 Å². The van der Waals surface area contributed by atoms with Crippen molar-refractivity contribution < 1.29 is 22.7 Å². The first-order valence-electron chi connectivity index (χ1n) is 7.46. The lowest BCUT2D eigenvalue weighted by Crippen LogP contribution is -2.13. The normalized spacial score (nSPS) is 11.3. The van der Waals surface area contributed by atoms with Gasteiger partial charge in [0.05, 0.1) is 34.9 Å². The Morgan fingerprint density at radius 3 is 2.54 bits per heavy atom. The molecule has 0 saturated heterocycles. The SMILES string of the molecule is COc1ccc(C(=O)Nc2nc3ccc(S(C)(=O)=O)cc3s2)c(OC)c1. The third kappa shape index (κ3) is 3.63. The molecule has 3 aromatic rings. The van der Waals surface area contributed by atoms with Crippen molar-refractivity contribution in [2.24, 2.45) is 0 Å². The summed E-state index contributed by atoms with van der Waals surface area (Å²) in [6.07, 6.45) is 1.15. The summed E-state index contributed by atoms with van der Waals surface area (Å²) in [5.74, 6) is 0.570. The molecule has 0 spiro atoms. The van der Waals surface area contributed by atoms with Gasteiger partial charge in [0.15, 0.2) is 15.0 Å². The highest BCUT2D eigenvalue weighted by Crippen LogP contribution is 2.30. The van der Waals surface area contributed by atoms with E-state index in [-0.39, 0.29) is 10.8 Å². The summed E-state index contributed by atoms with van der Waals surface area (Å²) >= 11 is 1.20. The predicted octanol–water partition coefficient (Wildman–Crippen LogP) is 2.97. The molecule has 0 fully saturated rings. The maximum absolute atomic E-state index is 12.5. The number of nitrogens with zero attached hydrogens (tertiary/aromatic N) is 1. The second kappa shape index (κ2) is 6.93. The molecule has 26 heavy (non-hydrogen) atoms. The molecule has 1 N–H and O–H groups in total. The summed E-state index contributed by atoms with van der Waals surface area (Å²) in [5.41, 5.74) is 0.948. The number of rotatable bonds is 5. The Balaban J connectivity index is 1.90. The molecule has 0 aliphatic rings. The van der Waals surface area contributed by atoms with E-state index in [4.69, 9.17) is 9.47 Å². The smallest absolute Gasteiger partial charge is 0.261 e. The van der Waals surface area contributed by atoms with Crippen LogP contribution in [0.3, 0.4) is 0 Å². The van der Waals surface area contributed by atoms with Gasteiger partial charge in [0, 0.05) is 12.3 Å². The fraction of sp³-hybridized carbons (Fsp3) is 0.176. The van der Waals surface area contributed by atoms with E-state index in [0.717, 1.165) is 6.26 Å². The molecule has 1 amide bonds. The maximum Gasteiger partial charge on any atom is 0.261 e. The summed E-state index contributed by atoms with van der Waals surface area (Å²) in [6.45, 7) is 0. The lowest BCUT2D eigenvalue weighted by Gasteiger charge is -2.09. The average Bonchev–Trinajstić information content (AvgIpc) is 3.01. The van der Waals surface area contributed by atoms with Crippen LogP contribution in [0.1, 0.15) is 10.4 Å². The zero-order valence-electron chi connectivity index (χ0n) is 14.3. The van der Waals surface area contributed by atoms with E-state index in [1.54, 1.807) is 30.3 Å². The van der Waals surface area contributed by atoms with E-state index in [1.165, 1.54) is 31.6 Å². The van der Waals surface area contributed by atoms with Crippen LogP contribution >= 0.6 is 11.3 Å². The number of amides is 1. The summed E-state index contributed by atoms with van der Waals surface area (Å²) in [5, 5.41) is 3.09. The van der Waals surface area contributed by atoms with Crippen LogP contribution < -0.4 is 14.8 Å². The van der Waals surface area contributed by atoms with Crippen molar-refractivity contribution in [2.75, 3.05) is 25.8 Å². The van der Waals surface area contributed by atoms with Crippen LogP contribution in [0, 0.1) is 0 Å². The number of anilines is 1. The van der Waals surface area contributed by atoms with Gasteiger partial charge in [-0.25, -0.2) is 13.4 Å². The van der Waals surface area contributed by atoms with E-state index >= 15 is 0 Å². The molecule has 0 aliphatic carbocycles. The van der Waals surface area contributed by atoms with Crippen molar-refractivity contribution in [3.63, 3.8) is 0 Å². The van der Waals surface area contributed by atoms with Crippen molar-refractivity contribution in [1.29, 1.82) is 0 Å². The first-order valence-corrected chi connectivity index (χ1v) is 10.2. The highest BCUT2D eigenvalue weighted by Gasteiger charge is 2.16. The Labute approximate surface area is 154 Å². The van der Waals surface area contributed by atoms with Gasteiger partial charge in [-0.2, -0.15) is 0 Å². The number of hydrogen-bond acceptors (Lipinski definition) is 7. The zero-order chi connectivity index (χ0) is 18.9. The number of hydrogen-bond donors (Lipinski definition) is 1. The standard InChI is InChI=1S/C17H16N2O5S2/c1-23-10-4-6-12(14(8-10)24-2)16(20)19-17-18-13-7-5-11(26(3,21)22)9-15(13)25-17/h4-9H,1-3H3,(H,18,19,20). The Bertz CT molecular complexity index is 1090. The minimum absolute atomic E-state index is 0.211. The number of benzene rings is 2. The van der Waals surface area contributed by atoms with Gasteiger partial charge in [0.25, 0.3) is 5.91 Å². The van der Waals surface area contributed by atoms with E-state index in [0.29, 0.717) is 32.4 Å². The fourth-order valence-corrected chi connectivity index (χ4v) is 3.96. The molecule has 0 saturated carbocycles. The van der Waals surface area contributed by atoms with E-state index in [2.05, 4.69) is 10.3 Å². The Morgan fingerprint density at radius 2 is 1.88 bits per heavy atom. The van der Waals surface area contributed by atoms with Gasteiger partial charge in [-0.3, -0.25) is 10.1 Å². The number of thiazole rings is 1. The Kier molecular flexibility index (Phi) is 4.84. The van der Waals surface area contributed by atoms with Gasteiger partial charge < -0.3 is 9.47 Å². The van der Waals surface area contributed by atoms with Crippen molar-refractivity contribution in [3.05, 3.63) is 42.0 Å². The molecule has 0 atom stereocenters. The molecule has 7 nitrogen and oxygen atoms in total. The molecule has 0 aliphatic heterocycles. The van der Waals surface area contributed by atoms with Gasteiger partial charge >= 0.3 is 0 Å². The lowest BCUT2D eigenvalue weighted by molar-refractivity contribution is 0.102. The Morgan fingerprint density at radius 1 is 1.12 bits per heavy atom. The summed E-state index contributed by atoms with van der Waals surface area (Å²) < 4.78 is 34.3. The molecule has 136 valence electrons. The number of carbonyl (C=O) groups excluding carboxylic acids is 1. The lowest BCUT2D eigenvalue weighted by atomic mass is 10.2. The molecule has 1 aromatic heterocycles. The van der Waals surface area contributed by atoms with Crippen molar-refractivity contribution in [3.8, 4) is 11.5 Å². The van der Waals surface area contributed by atoms with Crippen LogP contribution in [-0.4, -0.2) is 39.8 Å². The molecule has 0 radical (unpaired) electrons. The van der Waals surface area contributed by atoms with E-state index in [9.17, 15) is 13.2 Å². The molecule has 0 bridgehead atoms. The summed E-state index contributed by atoms with van der Waals surface area (Å²) in [4.78, 5) is 17.1. The predicted molar refractivity (Wildman–Crippen MR) is 100 cm³/mol. The molecule has 3 rings (SSSR count). The first kappa shape index (κ1) is 18.2. The second-order valence-corrected chi connectivity index (χ2v) is 8.49. The van der Waals surface area contributed by atoms with E-state index < -0.39 is 9.84 Å². The van der Waals surface area contributed by atoms with E-state index in [1.807, 2.05) is 0 Å². The van der Waals surface area contributed by atoms with Crippen LogP contribution in [0.2, 0.25) is 0 Å². The number of fused-ring (bicyclic) bond motifs is 1. The van der Waals surface area contributed by atoms with Gasteiger partial charge in [0.2, 0.25) is 0 Å². The molecule has 9 heteroatoms. The third-order valence-corrected chi connectivity index (χ3v) is 5.71. The summed E-state index contributed by atoms with van der Waals surface area (Å²) in [7, 11) is -0.307. The van der Waals surface area contributed by atoms with Crippen LogP contribution in [0.5, 0.6) is 11.5 Å². The van der Waals surface area contributed by atoms with Crippen LogP contribution in [-0.2, 0) is 9.84 Å². The average molecular weight is 392 g/mol. The highest BCUT2D eigenvalue weighted by molar-refractivity contribution is 7.90. The molecule has 0 unspecified atom stereocenters. The second-order valence-electron chi connectivity index (χ2n) is 5.44. The van der Waals surface area contributed by atoms with Crippen molar-refractivity contribution >= 4 is 42.4 Å². The fourth-order valence-electron chi connectivity index (χ4n) is 2.34. The Hall–Kier alpha value is -2.65. The largest absolute Gasteiger partial charge is 0.497 e. The van der Waals surface area contributed by atoms with Gasteiger partial charge in [0.1, 0.15) is 11.5 Å². The highest BCUT2D eigenvalue weighted by atomic mass is 32.2. The third-order valence-electron chi connectivity index (χ3n) is 3.66. The van der Waals surface area contributed by atoms with Crippen LogP contribution in [0.4, 0.5) is 5.13 Å². The quantitative estimate of drug-likeness (QED) is 0.717. The van der Waals surface area contributed by atoms with Gasteiger partial charge in [-0.05, 0) is 30.3 Å². The van der Waals surface area contributed by atoms with Crippen LogP contribution in [0.15, 0.2) is 41.3 Å². The number of methoxy groups -OCH3 is 2. The topological polar surface area (TPSA) is 94.6 Å². The summed E-state index contributed by atoms with van der Waals surface area (Å²) in [6, 6.07) is 9.54. The number of ether oxygens (including phenoxy) is 2. The van der Waals surface area contributed by atoms with Crippen LogP contribution in [0.25, 0.3) is 10.2 Å². The minimum atomic E-state index is -3.30. The van der Waals surface area contributed by atoms with Crippen molar-refractivity contribution in [1.82, 2.24) is 4.98 Å². The number of aromatic nitrogens is 1. The minimum Gasteiger partial charge on any atom is -0.497 e. The molecule has 2 aromatic carbocycles. The zero-order valence-corrected chi connectivity index (χ0v) is 15.9. The maximum atomic E-state index is 12.5. The number of nitrogens with one attached hydrogen (secondary N) is 1.